The number of nitrogens with one attached hydrogen (secondary N) is 2. The van der Waals surface area contributed by atoms with Gasteiger partial charge in [0.25, 0.3) is 5.91 Å². The molecule has 2 aromatic rings. The van der Waals surface area contributed by atoms with Crippen LogP contribution in [0.5, 0.6) is 0 Å². The van der Waals surface area contributed by atoms with Crippen LogP contribution in [-0.2, 0) is 14.4 Å². The van der Waals surface area contributed by atoms with E-state index in [1.807, 2.05) is 0 Å². The number of benzene rings is 2. The monoisotopic (exact) mass is 323 g/mol. The van der Waals surface area contributed by atoms with Crippen LogP contribution in [0.15, 0.2) is 48.5 Å². The molecule has 1 unspecified atom stereocenters. The van der Waals surface area contributed by atoms with E-state index in [0.29, 0.717) is 16.9 Å². The maximum atomic E-state index is 12.4. The highest BCUT2D eigenvalue weighted by Crippen LogP contribution is 2.32. The van der Waals surface area contributed by atoms with Crippen molar-refractivity contribution in [3.63, 3.8) is 0 Å². The standard InChI is InChI=1S/C17H13N3O4/c18-15(22)9-5-7-10(8-6-9)19-17(24)14(21)13-11-3-1-2-4-12(11)20-16(13)23/h1-8,13H,(H2,18,22)(H,19,24)(H,20,23). The number of Topliss-reactive ketones (excluding diaryl/α,β-unsaturated/α-hetero) is 1. The molecule has 0 radical (unpaired) electrons. The third-order valence-corrected chi connectivity index (χ3v) is 3.71. The summed E-state index contributed by atoms with van der Waals surface area (Å²) in [6.07, 6.45) is 0. The smallest absolute Gasteiger partial charge is 0.292 e. The van der Waals surface area contributed by atoms with Crippen LogP contribution in [0.4, 0.5) is 11.4 Å². The van der Waals surface area contributed by atoms with Crippen molar-refractivity contribution in [3.05, 3.63) is 59.7 Å². The van der Waals surface area contributed by atoms with Crippen LogP contribution in [0.2, 0.25) is 0 Å². The van der Waals surface area contributed by atoms with E-state index >= 15 is 0 Å². The fourth-order valence-electron chi connectivity index (χ4n) is 2.51. The molecule has 1 aliphatic heterocycles. The zero-order valence-corrected chi connectivity index (χ0v) is 12.4. The number of amides is 3. The Bertz CT molecular complexity index is 858. The first kappa shape index (κ1) is 15.4. The van der Waals surface area contributed by atoms with Gasteiger partial charge in [-0.3, -0.25) is 19.2 Å². The molecule has 1 heterocycles. The second-order valence-electron chi connectivity index (χ2n) is 5.27. The number of nitrogens with two attached hydrogens (primary N) is 1. The SMILES string of the molecule is NC(=O)c1ccc(NC(=O)C(=O)C2C(=O)Nc3ccccc32)cc1. The molecule has 0 aliphatic carbocycles. The second kappa shape index (κ2) is 5.96. The Morgan fingerprint density at radius 3 is 2.33 bits per heavy atom. The van der Waals surface area contributed by atoms with Crippen molar-refractivity contribution >= 4 is 34.9 Å². The number of carbonyl (C=O) groups is 4. The molecule has 0 saturated carbocycles. The summed E-state index contributed by atoms with van der Waals surface area (Å²) in [5, 5.41) is 4.99. The maximum Gasteiger partial charge on any atom is 0.292 e. The highest BCUT2D eigenvalue weighted by molar-refractivity contribution is 6.47. The minimum Gasteiger partial charge on any atom is -0.366 e. The lowest BCUT2D eigenvalue weighted by Crippen LogP contribution is -2.31. The first-order valence-corrected chi connectivity index (χ1v) is 7.12. The van der Waals surface area contributed by atoms with Crippen LogP contribution in [0.3, 0.4) is 0 Å². The molecular formula is C17H13N3O4. The minimum absolute atomic E-state index is 0.281. The van der Waals surface area contributed by atoms with Gasteiger partial charge >= 0.3 is 0 Å². The van der Waals surface area contributed by atoms with Gasteiger partial charge in [0.15, 0.2) is 0 Å². The third-order valence-electron chi connectivity index (χ3n) is 3.71. The number of ketones is 1. The zero-order valence-electron chi connectivity index (χ0n) is 12.4. The highest BCUT2D eigenvalue weighted by atomic mass is 16.2. The van der Waals surface area contributed by atoms with Crippen molar-refractivity contribution in [2.75, 3.05) is 10.6 Å². The predicted octanol–water partition coefficient (Wildman–Crippen LogP) is 1.03. The van der Waals surface area contributed by atoms with Crippen LogP contribution in [-0.4, -0.2) is 23.5 Å². The summed E-state index contributed by atoms with van der Waals surface area (Å²) in [4.78, 5) is 47.5. The van der Waals surface area contributed by atoms with Crippen LogP contribution in [0, 0.1) is 0 Å². The molecule has 7 heteroatoms. The molecule has 0 aromatic heterocycles. The molecular weight excluding hydrogens is 310 g/mol. The molecule has 24 heavy (non-hydrogen) atoms. The summed E-state index contributed by atoms with van der Waals surface area (Å²) in [5.74, 6) is -4.04. The Morgan fingerprint density at radius 1 is 1.00 bits per heavy atom. The summed E-state index contributed by atoms with van der Waals surface area (Å²) >= 11 is 0. The van der Waals surface area contributed by atoms with Gasteiger partial charge in [-0.1, -0.05) is 18.2 Å². The lowest BCUT2D eigenvalue weighted by atomic mass is 9.95. The number of rotatable bonds is 4. The molecule has 3 rings (SSSR count). The van der Waals surface area contributed by atoms with E-state index in [4.69, 9.17) is 5.73 Å². The van der Waals surface area contributed by atoms with Gasteiger partial charge in [-0.05, 0) is 35.9 Å². The average Bonchev–Trinajstić information content (AvgIpc) is 2.90. The number of hydrogen-bond acceptors (Lipinski definition) is 4. The van der Waals surface area contributed by atoms with E-state index in [0.717, 1.165) is 0 Å². The fourth-order valence-corrected chi connectivity index (χ4v) is 2.51. The number of primary amides is 1. The maximum absolute atomic E-state index is 12.4. The van der Waals surface area contributed by atoms with E-state index in [2.05, 4.69) is 10.6 Å². The Hall–Kier alpha value is -3.48. The van der Waals surface area contributed by atoms with Crippen LogP contribution < -0.4 is 16.4 Å². The first-order valence-electron chi connectivity index (χ1n) is 7.12. The normalized spacial score (nSPS) is 15.3. The summed E-state index contributed by atoms with van der Waals surface area (Å²) < 4.78 is 0. The fraction of sp³-hybridized carbons (Fsp3) is 0.0588. The van der Waals surface area contributed by atoms with Gasteiger partial charge < -0.3 is 16.4 Å². The van der Waals surface area contributed by atoms with Crippen LogP contribution in [0.1, 0.15) is 21.8 Å². The van der Waals surface area contributed by atoms with Gasteiger partial charge in [0.2, 0.25) is 17.6 Å². The second-order valence-corrected chi connectivity index (χ2v) is 5.27. The Labute approximate surface area is 136 Å². The molecule has 1 aliphatic rings. The van der Waals surface area contributed by atoms with E-state index in [1.54, 1.807) is 24.3 Å². The highest BCUT2D eigenvalue weighted by Gasteiger charge is 2.39. The predicted molar refractivity (Wildman–Crippen MR) is 86.4 cm³/mol. The van der Waals surface area contributed by atoms with Gasteiger partial charge in [0, 0.05) is 16.9 Å². The summed E-state index contributed by atoms with van der Waals surface area (Å²) in [7, 11) is 0. The van der Waals surface area contributed by atoms with E-state index in [1.165, 1.54) is 24.3 Å². The lowest BCUT2D eigenvalue weighted by Gasteiger charge is -2.09. The lowest BCUT2D eigenvalue weighted by molar-refractivity contribution is -0.138. The molecule has 0 fully saturated rings. The number of fused-ring (bicyclic) bond motifs is 1. The number of hydrogen-bond donors (Lipinski definition) is 3. The number of carbonyl (C=O) groups excluding carboxylic acids is 4. The molecule has 120 valence electrons. The molecule has 1 atom stereocenters. The first-order chi connectivity index (χ1) is 11.5. The molecule has 3 amide bonds. The van der Waals surface area contributed by atoms with E-state index < -0.39 is 29.4 Å². The van der Waals surface area contributed by atoms with Crippen molar-refractivity contribution in [2.45, 2.75) is 5.92 Å². The molecule has 2 aromatic carbocycles. The number of anilines is 2. The van der Waals surface area contributed by atoms with Gasteiger partial charge in [0.05, 0.1) is 0 Å². The Morgan fingerprint density at radius 2 is 1.67 bits per heavy atom. The van der Waals surface area contributed by atoms with Crippen molar-refractivity contribution in [1.82, 2.24) is 0 Å². The number of para-hydroxylation sites is 1. The quantitative estimate of drug-likeness (QED) is 0.575. The van der Waals surface area contributed by atoms with Crippen molar-refractivity contribution in [3.8, 4) is 0 Å². The van der Waals surface area contributed by atoms with Crippen molar-refractivity contribution in [2.24, 2.45) is 5.73 Å². The Balaban J connectivity index is 1.77. The van der Waals surface area contributed by atoms with E-state index in [9.17, 15) is 19.2 Å². The van der Waals surface area contributed by atoms with Crippen LogP contribution in [0.25, 0.3) is 0 Å². The molecule has 4 N–H and O–H groups in total. The zero-order chi connectivity index (χ0) is 17.3. The summed E-state index contributed by atoms with van der Waals surface area (Å²) in [6.45, 7) is 0. The van der Waals surface area contributed by atoms with Crippen molar-refractivity contribution < 1.29 is 19.2 Å². The van der Waals surface area contributed by atoms with Gasteiger partial charge in [-0.2, -0.15) is 0 Å². The van der Waals surface area contributed by atoms with Gasteiger partial charge in [-0.25, -0.2) is 0 Å². The average molecular weight is 323 g/mol. The van der Waals surface area contributed by atoms with Crippen LogP contribution >= 0.6 is 0 Å². The molecule has 0 bridgehead atoms. The van der Waals surface area contributed by atoms with Crippen molar-refractivity contribution in [1.29, 1.82) is 0 Å². The molecule has 7 nitrogen and oxygen atoms in total. The molecule has 0 saturated heterocycles. The Kier molecular flexibility index (Phi) is 3.83. The third kappa shape index (κ3) is 2.74. The molecule has 0 spiro atoms. The topological polar surface area (TPSA) is 118 Å². The van der Waals surface area contributed by atoms with E-state index in [-0.39, 0.29) is 5.56 Å². The largest absolute Gasteiger partial charge is 0.366 e. The minimum atomic E-state index is -1.16. The van der Waals surface area contributed by atoms with Gasteiger partial charge in [0.1, 0.15) is 5.92 Å². The van der Waals surface area contributed by atoms with Gasteiger partial charge in [-0.15, -0.1) is 0 Å². The summed E-state index contributed by atoms with van der Waals surface area (Å²) in [5.41, 5.74) is 6.74. The summed E-state index contributed by atoms with van der Waals surface area (Å²) in [6, 6.07) is 12.5.